The van der Waals surface area contributed by atoms with E-state index < -0.39 is 0 Å². The molecule has 0 aromatic carbocycles. The average molecular weight is 232 g/mol. The van der Waals surface area contributed by atoms with Gasteiger partial charge in [0.05, 0.1) is 6.20 Å². The van der Waals surface area contributed by atoms with Gasteiger partial charge in [-0.1, -0.05) is 0 Å². The molecule has 5 heteroatoms. The third-order valence-corrected chi connectivity index (χ3v) is 3.18. The molecule has 2 aromatic heterocycles. The molecule has 0 aliphatic heterocycles. The van der Waals surface area contributed by atoms with Gasteiger partial charge in [-0.15, -0.1) is 0 Å². The van der Waals surface area contributed by atoms with E-state index in [2.05, 4.69) is 15.3 Å². The topological polar surface area (TPSA) is 51.5 Å². The molecule has 2 aromatic rings. The SMILES string of the molecule is CNc1cn2ccnc2c(OC2CCCC2)n1. The standard InChI is InChI=1S/C12H16N4O/c1-13-10-8-16-7-6-14-11(16)12(15-10)17-9-4-2-3-5-9/h6-9,13H,2-5H2,1H3. The predicted octanol–water partition coefficient (Wildman–Crippen LogP) is 2.09. The van der Waals surface area contributed by atoms with Crippen LogP contribution in [0.2, 0.25) is 0 Å². The highest BCUT2D eigenvalue weighted by molar-refractivity contribution is 5.53. The molecule has 1 aliphatic rings. The third kappa shape index (κ3) is 1.92. The Morgan fingerprint density at radius 3 is 3.00 bits per heavy atom. The molecule has 2 heterocycles. The second kappa shape index (κ2) is 4.24. The molecule has 1 saturated carbocycles. The van der Waals surface area contributed by atoms with Gasteiger partial charge in [-0.3, -0.25) is 4.40 Å². The number of nitrogens with zero attached hydrogens (tertiary/aromatic N) is 3. The molecule has 5 nitrogen and oxygen atoms in total. The van der Waals surface area contributed by atoms with Crippen LogP contribution < -0.4 is 10.1 Å². The van der Waals surface area contributed by atoms with Gasteiger partial charge < -0.3 is 10.1 Å². The number of hydrogen-bond acceptors (Lipinski definition) is 4. The molecule has 0 atom stereocenters. The van der Waals surface area contributed by atoms with E-state index in [0.717, 1.165) is 24.3 Å². The molecule has 0 amide bonds. The molecule has 0 spiro atoms. The van der Waals surface area contributed by atoms with Crippen molar-refractivity contribution in [3.63, 3.8) is 0 Å². The van der Waals surface area contributed by atoms with Gasteiger partial charge in [0.2, 0.25) is 5.65 Å². The number of nitrogens with one attached hydrogen (secondary N) is 1. The molecule has 0 saturated heterocycles. The zero-order chi connectivity index (χ0) is 11.7. The molecule has 1 aliphatic carbocycles. The van der Waals surface area contributed by atoms with Crippen molar-refractivity contribution in [1.82, 2.24) is 14.4 Å². The third-order valence-electron chi connectivity index (χ3n) is 3.18. The number of hydrogen-bond donors (Lipinski definition) is 1. The van der Waals surface area contributed by atoms with Crippen molar-refractivity contribution in [2.75, 3.05) is 12.4 Å². The first kappa shape index (κ1) is 10.4. The first-order valence-electron chi connectivity index (χ1n) is 6.05. The van der Waals surface area contributed by atoms with Crippen LogP contribution in [0.15, 0.2) is 18.6 Å². The Labute approximate surface area is 99.8 Å². The van der Waals surface area contributed by atoms with E-state index in [1.807, 2.05) is 23.8 Å². The van der Waals surface area contributed by atoms with Crippen LogP contribution in [0.5, 0.6) is 5.88 Å². The van der Waals surface area contributed by atoms with E-state index in [9.17, 15) is 0 Å². The number of ether oxygens (including phenoxy) is 1. The normalized spacial score (nSPS) is 16.5. The predicted molar refractivity (Wildman–Crippen MR) is 65.4 cm³/mol. The minimum absolute atomic E-state index is 0.301. The van der Waals surface area contributed by atoms with Crippen molar-refractivity contribution < 1.29 is 4.74 Å². The maximum atomic E-state index is 5.95. The van der Waals surface area contributed by atoms with Crippen LogP contribution in [0, 0.1) is 0 Å². The summed E-state index contributed by atoms with van der Waals surface area (Å²) in [5.41, 5.74) is 0.788. The zero-order valence-corrected chi connectivity index (χ0v) is 9.89. The van der Waals surface area contributed by atoms with Crippen LogP contribution in [-0.4, -0.2) is 27.5 Å². The summed E-state index contributed by atoms with van der Waals surface area (Å²) in [4.78, 5) is 8.72. The van der Waals surface area contributed by atoms with E-state index in [0.29, 0.717) is 12.0 Å². The lowest BCUT2D eigenvalue weighted by atomic mass is 10.3. The Morgan fingerprint density at radius 1 is 1.41 bits per heavy atom. The fourth-order valence-electron chi connectivity index (χ4n) is 2.27. The van der Waals surface area contributed by atoms with Crippen molar-refractivity contribution in [2.24, 2.45) is 0 Å². The Kier molecular flexibility index (Phi) is 2.59. The summed E-state index contributed by atoms with van der Waals surface area (Å²) in [7, 11) is 1.85. The number of fused-ring (bicyclic) bond motifs is 1. The second-order valence-corrected chi connectivity index (χ2v) is 4.36. The lowest BCUT2D eigenvalue weighted by Gasteiger charge is -2.13. The maximum Gasteiger partial charge on any atom is 0.260 e. The summed E-state index contributed by atoms with van der Waals surface area (Å²) >= 11 is 0. The molecule has 1 N–H and O–H groups in total. The van der Waals surface area contributed by atoms with Gasteiger partial charge in [-0.25, -0.2) is 4.98 Å². The molecular formula is C12H16N4O. The highest BCUT2D eigenvalue weighted by Gasteiger charge is 2.19. The van der Waals surface area contributed by atoms with Gasteiger partial charge in [0.25, 0.3) is 5.88 Å². The maximum absolute atomic E-state index is 5.95. The fraction of sp³-hybridized carbons (Fsp3) is 0.500. The van der Waals surface area contributed by atoms with Crippen LogP contribution in [0.3, 0.4) is 0 Å². The fourth-order valence-corrected chi connectivity index (χ4v) is 2.27. The summed E-state index contributed by atoms with van der Waals surface area (Å²) in [5, 5.41) is 3.03. The average Bonchev–Trinajstić information content (AvgIpc) is 2.98. The second-order valence-electron chi connectivity index (χ2n) is 4.36. The minimum atomic E-state index is 0.301. The van der Waals surface area contributed by atoms with E-state index in [4.69, 9.17) is 4.74 Å². The molecule has 0 radical (unpaired) electrons. The molecule has 1 fully saturated rings. The number of aromatic nitrogens is 3. The Bertz CT molecular complexity index is 516. The Balaban J connectivity index is 1.97. The largest absolute Gasteiger partial charge is 0.472 e. The van der Waals surface area contributed by atoms with Gasteiger partial charge >= 0.3 is 0 Å². The lowest BCUT2D eigenvalue weighted by Crippen LogP contribution is -2.13. The van der Waals surface area contributed by atoms with Gasteiger partial charge in [0.15, 0.2) is 0 Å². The zero-order valence-electron chi connectivity index (χ0n) is 9.89. The van der Waals surface area contributed by atoms with Crippen molar-refractivity contribution in [1.29, 1.82) is 0 Å². The van der Waals surface area contributed by atoms with Gasteiger partial charge in [-0.05, 0) is 25.7 Å². The van der Waals surface area contributed by atoms with Crippen molar-refractivity contribution in [3.8, 4) is 5.88 Å². The van der Waals surface area contributed by atoms with Gasteiger partial charge in [0.1, 0.15) is 11.9 Å². The quantitative estimate of drug-likeness (QED) is 0.880. The van der Waals surface area contributed by atoms with Gasteiger partial charge in [-0.2, -0.15) is 4.98 Å². The molecule has 3 rings (SSSR count). The summed E-state index contributed by atoms with van der Waals surface area (Å²) in [6.07, 6.45) is 10.6. The van der Waals surface area contributed by atoms with Crippen molar-refractivity contribution >= 4 is 11.5 Å². The van der Waals surface area contributed by atoms with Crippen molar-refractivity contribution in [3.05, 3.63) is 18.6 Å². The highest BCUT2D eigenvalue weighted by atomic mass is 16.5. The number of rotatable bonds is 3. The number of imidazole rings is 1. The lowest BCUT2D eigenvalue weighted by molar-refractivity contribution is 0.203. The number of anilines is 1. The summed E-state index contributed by atoms with van der Waals surface area (Å²) in [6.45, 7) is 0. The van der Waals surface area contributed by atoms with E-state index in [-0.39, 0.29) is 0 Å². The minimum Gasteiger partial charge on any atom is -0.472 e. The molecule has 0 bridgehead atoms. The monoisotopic (exact) mass is 232 g/mol. The van der Waals surface area contributed by atoms with Gasteiger partial charge in [0, 0.05) is 19.4 Å². The molecular weight excluding hydrogens is 216 g/mol. The Morgan fingerprint density at radius 2 is 2.24 bits per heavy atom. The Hall–Kier alpha value is -1.78. The smallest absolute Gasteiger partial charge is 0.260 e. The molecule has 0 unspecified atom stereocenters. The summed E-state index contributed by atoms with van der Waals surface area (Å²) in [6, 6.07) is 0. The van der Waals surface area contributed by atoms with Crippen LogP contribution in [0.1, 0.15) is 25.7 Å². The molecule has 17 heavy (non-hydrogen) atoms. The van der Waals surface area contributed by atoms with Crippen LogP contribution in [0.4, 0.5) is 5.82 Å². The first-order valence-corrected chi connectivity index (χ1v) is 6.05. The summed E-state index contributed by atoms with van der Waals surface area (Å²) < 4.78 is 7.89. The van der Waals surface area contributed by atoms with Crippen molar-refractivity contribution in [2.45, 2.75) is 31.8 Å². The first-order chi connectivity index (χ1) is 8.36. The van der Waals surface area contributed by atoms with E-state index in [1.165, 1.54) is 12.8 Å². The van der Waals surface area contributed by atoms with Crippen LogP contribution >= 0.6 is 0 Å². The summed E-state index contributed by atoms with van der Waals surface area (Å²) in [5.74, 6) is 1.43. The van der Waals surface area contributed by atoms with Crippen LogP contribution in [0.25, 0.3) is 5.65 Å². The van der Waals surface area contributed by atoms with E-state index in [1.54, 1.807) is 6.20 Å². The van der Waals surface area contributed by atoms with Crippen LogP contribution in [-0.2, 0) is 0 Å². The van der Waals surface area contributed by atoms with E-state index >= 15 is 0 Å². The highest BCUT2D eigenvalue weighted by Crippen LogP contribution is 2.26. The molecule has 90 valence electrons.